The van der Waals surface area contributed by atoms with E-state index in [9.17, 15) is 9.59 Å². The summed E-state index contributed by atoms with van der Waals surface area (Å²) in [7, 11) is 1.80. The summed E-state index contributed by atoms with van der Waals surface area (Å²) in [5.41, 5.74) is 0. The van der Waals surface area contributed by atoms with Gasteiger partial charge in [-0.15, -0.1) is 0 Å². The number of hydrogen-bond acceptors (Lipinski definition) is 2. The molecular weight excluding hydrogens is 244 g/mol. The second-order valence-electron chi connectivity index (χ2n) is 5.63. The van der Waals surface area contributed by atoms with E-state index in [0.29, 0.717) is 12.5 Å². The number of aliphatic carboxylic acids is 1. The topological polar surface area (TPSA) is 60.9 Å². The van der Waals surface area contributed by atoms with Crippen LogP contribution in [0.4, 0.5) is 4.79 Å². The minimum atomic E-state index is -0.952. The molecule has 5 heteroatoms. The Balaban J connectivity index is 2.63. The van der Waals surface area contributed by atoms with Gasteiger partial charge in [0.25, 0.3) is 0 Å². The number of nitrogens with zero attached hydrogens (tertiary/aromatic N) is 2. The van der Waals surface area contributed by atoms with Crippen molar-refractivity contribution < 1.29 is 14.7 Å². The fourth-order valence-corrected chi connectivity index (χ4v) is 2.81. The molecule has 0 aliphatic heterocycles. The third kappa shape index (κ3) is 4.73. The SMILES string of the molecule is CCCN(CC(=O)O)C(=O)N(C)C1CCCC(C)C1. The van der Waals surface area contributed by atoms with Gasteiger partial charge in [0.05, 0.1) is 0 Å². The van der Waals surface area contributed by atoms with Crippen molar-refractivity contribution >= 4 is 12.0 Å². The smallest absolute Gasteiger partial charge is 0.323 e. The van der Waals surface area contributed by atoms with E-state index in [-0.39, 0.29) is 18.6 Å². The Bertz CT molecular complexity index is 320. The molecule has 0 heterocycles. The normalized spacial score (nSPS) is 22.9. The van der Waals surface area contributed by atoms with E-state index in [2.05, 4.69) is 6.92 Å². The van der Waals surface area contributed by atoms with Gasteiger partial charge in [-0.2, -0.15) is 0 Å². The van der Waals surface area contributed by atoms with Crippen molar-refractivity contribution in [2.45, 2.75) is 52.0 Å². The Kier molecular flexibility index (Phi) is 6.12. The lowest BCUT2D eigenvalue weighted by molar-refractivity contribution is -0.137. The maximum Gasteiger partial charge on any atom is 0.323 e. The van der Waals surface area contributed by atoms with E-state index < -0.39 is 5.97 Å². The Morgan fingerprint density at radius 3 is 2.53 bits per heavy atom. The van der Waals surface area contributed by atoms with Gasteiger partial charge in [-0.05, 0) is 25.2 Å². The highest BCUT2D eigenvalue weighted by Gasteiger charge is 2.28. The van der Waals surface area contributed by atoms with Crippen LogP contribution in [0.3, 0.4) is 0 Å². The zero-order valence-corrected chi connectivity index (χ0v) is 12.3. The predicted molar refractivity (Wildman–Crippen MR) is 74.1 cm³/mol. The van der Waals surface area contributed by atoms with E-state index in [4.69, 9.17) is 5.11 Å². The molecule has 2 amide bonds. The molecule has 5 nitrogen and oxygen atoms in total. The molecule has 110 valence electrons. The number of carboxylic acid groups (broad SMARTS) is 1. The van der Waals surface area contributed by atoms with Crippen LogP contribution in [0.15, 0.2) is 0 Å². The Morgan fingerprint density at radius 2 is 2.00 bits per heavy atom. The van der Waals surface area contributed by atoms with Crippen molar-refractivity contribution in [1.82, 2.24) is 9.80 Å². The van der Waals surface area contributed by atoms with Crippen LogP contribution in [0.1, 0.15) is 46.0 Å². The average Bonchev–Trinajstić information content (AvgIpc) is 2.36. The standard InChI is InChI=1S/C14H26N2O3/c1-4-8-16(10-13(17)18)14(19)15(3)12-7-5-6-11(2)9-12/h11-12H,4-10H2,1-3H3,(H,17,18). The Morgan fingerprint density at radius 1 is 1.32 bits per heavy atom. The van der Waals surface area contributed by atoms with Crippen LogP contribution in [0.25, 0.3) is 0 Å². The highest BCUT2D eigenvalue weighted by molar-refractivity contribution is 5.80. The molecule has 1 aliphatic rings. The van der Waals surface area contributed by atoms with E-state index >= 15 is 0 Å². The second-order valence-corrected chi connectivity index (χ2v) is 5.63. The van der Waals surface area contributed by atoms with Crippen LogP contribution in [-0.4, -0.2) is 53.1 Å². The van der Waals surface area contributed by atoms with Crippen LogP contribution < -0.4 is 0 Å². The van der Waals surface area contributed by atoms with Crippen molar-refractivity contribution in [1.29, 1.82) is 0 Å². The highest BCUT2D eigenvalue weighted by Crippen LogP contribution is 2.27. The fraction of sp³-hybridized carbons (Fsp3) is 0.857. The van der Waals surface area contributed by atoms with Gasteiger partial charge >= 0.3 is 12.0 Å². The fourth-order valence-electron chi connectivity index (χ4n) is 2.81. The van der Waals surface area contributed by atoms with Crippen molar-refractivity contribution in [3.8, 4) is 0 Å². The molecule has 0 radical (unpaired) electrons. The quantitative estimate of drug-likeness (QED) is 0.834. The first-order valence-corrected chi connectivity index (χ1v) is 7.19. The third-order valence-electron chi connectivity index (χ3n) is 3.85. The maximum absolute atomic E-state index is 12.4. The number of carboxylic acids is 1. The number of rotatable bonds is 5. The van der Waals surface area contributed by atoms with Gasteiger partial charge in [0.2, 0.25) is 0 Å². The van der Waals surface area contributed by atoms with Crippen LogP contribution in [0, 0.1) is 5.92 Å². The first kappa shape index (κ1) is 15.8. The maximum atomic E-state index is 12.4. The highest BCUT2D eigenvalue weighted by atomic mass is 16.4. The van der Waals surface area contributed by atoms with Crippen molar-refractivity contribution in [2.75, 3.05) is 20.1 Å². The Labute approximate surface area is 115 Å². The van der Waals surface area contributed by atoms with Crippen LogP contribution >= 0.6 is 0 Å². The lowest BCUT2D eigenvalue weighted by Crippen LogP contribution is -2.49. The molecule has 0 aromatic rings. The molecule has 1 rings (SSSR count). The molecular formula is C14H26N2O3. The summed E-state index contributed by atoms with van der Waals surface area (Å²) in [5.74, 6) is -0.305. The largest absolute Gasteiger partial charge is 0.480 e. The molecule has 1 saturated carbocycles. The third-order valence-corrected chi connectivity index (χ3v) is 3.85. The molecule has 2 atom stereocenters. The predicted octanol–water partition coefficient (Wildman–Crippen LogP) is 2.41. The number of carbonyl (C=O) groups is 2. The minimum Gasteiger partial charge on any atom is -0.480 e. The van der Waals surface area contributed by atoms with Crippen LogP contribution in [-0.2, 0) is 4.79 Å². The van der Waals surface area contributed by atoms with Crippen LogP contribution in [0.5, 0.6) is 0 Å². The summed E-state index contributed by atoms with van der Waals surface area (Å²) in [6.07, 6.45) is 5.20. The lowest BCUT2D eigenvalue weighted by atomic mass is 9.86. The van der Waals surface area contributed by atoms with Gasteiger partial charge < -0.3 is 14.9 Å². The Hall–Kier alpha value is -1.26. The zero-order chi connectivity index (χ0) is 14.4. The average molecular weight is 270 g/mol. The van der Waals surface area contributed by atoms with Crippen molar-refractivity contribution in [2.24, 2.45) is 5.92 Å². The number of urea groups is 1. The summed E-state index contributed by atoms with van der Waals surface area (Å²) >= 11 is 0. The second kappa shape index (κ2) is 7.36. The monoisotopic (exact) mass is 270 g/mol. The molecule has 0 bridgehead atoms. The van der Waals surface area contributed by atoms with E-state index in [0.717, 1.165) is 25.7 Å². The van der Waals surface area contributed by atoms with Gasteiger partial charge in [0.1, 0.15) is 6.54 Å². The minimum absolute atomic E-state index is 0.150. The number of hydrogen-bond donors (Lipinski definition) is 1. The summed E-state index contributed by atoms with van der Waals surface area (Å²) in [6.45, 7) is 4.45. The lowest BCUT2D eigenvalue weighted by Gasteiger charge is -2.36. The summed E-state index contributed by atoms with van der Waals surface area (Å²) in [4.78, 5) is 26.4. The van der Waals surface area contributed by atoms with E-state index in [1.54, 1.807) is 11.9 Å². The van der Waals surface area contributed by atoms with Crippen molar-refractivity contribution in [3.63, 3.8) is 0 Å². The van der Waals surface area contributed by atoms with E-state index in [1.807, 2.05) is 6.92 Å². The zero-order valence-electron chi connectivity index (χ0n) is 12.3. The summed E-state index contributed by atoms with van der Waals surface area (Å²) in [6, 6.07) is 0.104. The molecule has 0 aromatic heterocycles. The molecule has 2 unspecified atom stereocenters. The molecule has 19 heavy (non-hydrogen) atoms. The first-order valence-electron chi connectivity index (χ1n) is 7.19. The molecule has 0 aromatic carbocycles. The van der Waals surface area contributed by atoms with Gasteiger partial charge in [0.15, 0.2) is 0 Å². The van der Waals surface area contributed by atoms with Gasteiger partial charge in [-0.3, -0.25) is 4.79 Å². The molecule has 0 saturated heterocycles. The number of carbonyl (C=O) groups excluding carboxylic acids is 1. The van der Waals surface area contributed by atoms with Gasteiger partial charge in [0, 0.05) is 19.6 Å². The molecule has 1 fully saturated rings. The first-order chi connectivity index (χ1) is 8.95. The summed E-state index contributed by atoms with van der Waals surface area (Å²) < 4.78 is 0. The van der Waals surface area contributed by atoms with Crippen LogP contribution in [0.2, 0.25) is 0 Å². The molecule has 1 aliphatic carbocycles. The van der Waals surface area contributed by atoms with E-state index in [1.165, 1.54) is 11.3 Å². The van der Waals surface area contributed by atoms with Gasteiger partial charge in [-0.1, -0.05) is 26.7 Å². The molecule has 1 N–H and O–H groups in total. The van der Waals surface area contributed by atoms with Crippen molar-refractivity contribution in [3.05, 3.63) is 0 Å². The summed E-state index contributed by atoms with van der Waals surface area (Å²) in [5, 5.41) is 8.88. The number of amides is 2. The molecule has 0 spiro atoms. The van der Waals surface area contributed by atoms with Gasteiger partial charge in [-0.25, -0.2) is 4.79 Å².